The first-order valence-corrected chi connectivity index (χ1v) is 10.3. The summed E-state index contributed by atoms with van der Waals surface area (Å²) in [6, 6.07) is 23.2. The highest BCUT2D eigenvalue weighted by Crippen LogP contribution is 2.58. The highest BCUT2D eigenvalue weighted by molar-refractivity contribution is 7.89. The van der Waals surface area contributed by atoms with Gasteiger partial charge in [-0.25, -0.2) is 8.42 Å². The summed E-state index contributed by atoms with van der Waals surface area (Å²) in [5, 5.41) is 0.530. The van der Waals surface area contributed by atoms with E-state index in [1.54, 1.807) is 6.07 Å². The van der Waals surface area contributed by atoms with Crippen LogP contribution in [0.2, 0.25) is 10.0 Å². The second kappa shape index (κ2) is 6.71. The smallest absolute Gasteiger partial charge is 0.207 e. The largest absolute Gasteiger partial charge is 0.245 e. The zero-order valence-corrected chi connectivity index (χ0v) is 15.9. The molecule has 1 fully saturated rings. The molecule has 1 heterocycles. The van der Waals surface area contributed by atoms with E-state index >= 15 is 0 Å². The van der Waals surface area contributed by atoms with Crippen LogP contribution in [0.4, 0.5) is 0 Å². The van der Waals surface area contributed by atoms with Crippen molar-refractivity contribution in [3.05, 3.63) is 100 Å². The summed E-state index contributed by atoms with van der Waals surface area (Å²) in [6.45, 7) is 0. The molecule has 3 aromatic carbocycles. The number of benzene rings is 3. The lowest BCUT2D eigenvalue weighted by Gasteiger charge is -2.09. The van der Waals surface area contributed by atoms with E-state index in [0.717, 1.165) is 11.1 Å². The molecular formula is C20H15Cl2NO2S. The fourth-order valence-electron chi connectivity index (χ4n) is 3.27. The molecule has 1 aliphatic heterocycles. The van der Waals surface area contributed by atoms with Gasteiger partial charge in [0.05, 0.1) is 17.1 Å². The van der Waals surface area contributed by atoms with Crippen molar-refractivity contribution in [3.63, 3.8) is 0 Å². The van der Waals surface area contributed by atoms with Crippen LogP contribution in [0.1, 0.15) is 23.2 Å². The van der Waals surface area contributed by atoms with Crippen molar-refractivity contribution in [1.29, 1.82) is 0 Å². The molecule has 0 aliphatic carbocycles. The van der Waals surface area contributed by atoms with Crippen LogP contribution in [0.3, 0.4) is 0 Å². The second-order valence-corrected chi connectivity index (χ2v) is 8.78. The van der Waals surface area contributed by atoms with Gasteiger partial charge in [0, 0.05) is 5.02 Å². The summed E-state index contributed by atoms with van der Waals surface area (Å²) in [7, 11) is -3.77. The van der Waals surface area contributed by atoms with E-state index < -0.39 is 10.0 Å². The number of nitrogens with zero attached hydrogens (tertiary/aromatic N) is 1. The van der Waals surface area contributed by atoms with E-state index in [1.165, 1.54) is 16.4 Å². The molecule has 0 aromatic heterocycles. The predicted molar refractivity (Wildman–Crippen MR) is 104 cm³/mol. The lowest BCUT2D eigenvalue weighted by Crippen LogP contribution is -2.14. The quantitative estimate of drug-likeness (QED) is 0.540. The van der Waals surface area contributed by atoms with Gasteiger partial charge in [0.15, 0.2) is 0 Å². The monoisotopic (exact) mass is 403 g/mol. The average molecular weight is 404 g/mol. The molecule has 4 rings (SSSR count). The molecule has 0 radical (unpaired) electrons. The minimum absolute atomic E-state index is 0.0722. The van der Waals surface area contributed by atoms with E-state index in [-0.39, 0.29) is 22.0 Å². The standard InChI is InChI=1S/C20H15Cl2NO2S/c21-16-11-12-18(17(22)13-16)26(24,25)23-19(14-7-3-1-4-8-14)20(23)15-9-5-2-6-10-15/h1-13,19-20H/t19-,20-/m0/s1. The summed E-state index contributed by atoms with van der Waals surface area (Å²) >= 11 is 12.1. The third-order valence-corrected chi connectivity index (χ3v) is 7.07. The van der Waals surface area contributed by atoms with Crippen LogP contribution in [-0.2, 0) is 10.0 Å². The van der Waals surface area contributed by atoms with Crippen molar-refractivity contribution < 1.29 is 8.42 Å². The molecule has 0 unspecified atom stereocenters. The molecule has 0 amide bonds. The molecule has 1 saturated heterocycles. The van der Waals surface area contributed by atoms with Crippen LogP contribution in [0.15, 0.2) is 83.8 Å². The molecule has 26 heavy (non-hydrogen) atoms. The van der Waals surface area contributed by atoms with E-state index in [0.29, 0.717) is 5.02 Å². The van der Waals surface area contributed by atoms with Crippen LogP contribution in [0.5, 0.6) is 0 Å². The van der Waals surface area contributed by atoms with Gasteiger partial charge in [-0.3, -0.25) is 0 Å². The highest BCUT2D eigenvalue weighted by atomic mass is 35.5. The van der Waals surface area contributed by atoms with Gasteiger partial charge in [-0.15, -0.1) is 0 Å². The summed E-state index contributed by atoms with van der Waals surface area (Å²) in [4.78, 5) is 0.0722. The molecule has 0 N–H and O–H groups in total. The van der Waals surface area contributed by atoms with Gasteiger partial charge >= 0.3 is 0 Å². The van der Waals surface area contributed by atoms with E-state index in [1.807, 2.05) is 60.7 Å². The van der Waals surface area contributed by atoms with Crippen molar-refractivity contribution in [3.8, 4) is 0 Å². The zero-order valence-electron chi connectivity index (χ0n) is 13.6. The zero-order chi connectivity index (χ0) is 18.3. The molecule has 2 atom stereocenters. The first kappa shape index (κ1) is 17.6. The molecule has 0 saturated carbocycles. The Morgan fingerprint density at radius 3 is 1.69 bits per heavy atom. The molecule has 3 nitrogen and oxygen atoms in total. The van der Waals surface area contributed by atoms with Crippen LogP contribution < -0.4 is 0 Å². The molecular weight excluding hydrogens is 389 g/mol. The number of hydrogen-bond donors (Lipinski definition) is 0. The molecule has 6 heteroatoms. The van der Waals surface area contributed by atoms with E-state index in [4.69, 9.17) is 23.2 Å². The Morgan fingerprint density at radius 2 is 1.23 bits per heavy atom. The average Bonchev–Trinajstić information content (AvgIpc) is 3.39. The van der Waals surface area contributed by atoms with Gasteiger partial charge in [-0.1, -0.05) is 83.9 Å². The normalized spacial score (nSPS) is 22.2. The second-order valence-electron chi connectivity index (χ2n) is 6.12. The number of sulfonamides is 1. The van der Waals surface area contributed by atoms with Crippen LogP contribution in [0, 0.1) is 0 Å². The summed E-state index contributed by atoms with van der Waals surface area (Å²) in [5.74, 6) is 0. The summed E-state index contributed by atoms with van der Waals surface area (Å²) in [5.41, 5.74) is 1.91. The van der Waals surface area contributed by atoms with Crippen molar-refractivity contribution in [2.24, 2.45) is 0 Å². The Labute approximate surface area is 162 Å². The molecule has 1 aliphatic rings. The first-order chi connectivity index (χ1) is 12.5. The van der Waals surface area contributed by atoms with Crippen LogP contribution in [0.25, 0.3) is 0 Å². The lowest BCUT2D eigenvalue weighted by atomic mass is 10.0. The van der Waals surface area contributed by atoms with Crippen molar-refractivity contribution in [1.82, 2.24) is 4.31 Å². The van der Waals surface area contributed by atoms with E-state index in [2.05, 4.69) is 0 Å². The fraction of sp³-hybridized carbons (Fsp3) is 0.100. The van der Waals surface area contributed by atoms with Gasteiger partial charge < -0.3 is 0 Å². The maximum absolute atomic E-state index is 13.3. The summed E-state index contributed by atoms with van der Waals surface area (Å²) < 4.78 is 28.1. The Hall–Kier alpha value is -1.85. The fourth-order valence-corrected chi connectivity index (χ4v) is 5.76. The number of rotatable bonds is 4. The number of halogens is 2. The van der Waals surface area contributed by atoms with Crippen molar-refractivity contribution >= 4 is 33.2 Å². The Morgan fingerprint density at radius 1 is 0.731 bits per heavy atom. The minimum Gasteiger partial charge on any atom is -0.207 e. The van der Waals surface area contributed by atoms with Gasteiger partial charge in [0.2, 0.25) is 10.0 Å². The Balaban J connectivity index is 1.80. The van der Waals surface area contributed by atoms with Crippen molar-refractivity contribution in [2.45, 2.75) is 17.0 Å². The topological polar surface area (TPSA) is 37.1 Å². The SMILES string of the molecule is O=S(=O)(c1ccc(Cl)cc1Cl)N1[C@@H](c2ccccc2)[C@@H]1c1ccccc1. The molecule has 0 spiro atoms. The Bertz CT molecular complexity index is 994. The van der Waals surface area contributed by atoms with Crippen molar-refractivity contribution in [2.75, 3.05) is 0 Å². The maximum Gasteiger partial charge on any atom is 0.245 e. The van der Waals surface area contributed by atoms with Gasteiger partial charge in [-0.05, 0) is 29.3 Å². The van der Waals surface area contributed by atoms with Gasteiger partial charge in [0.25, 0.3) is 0 Å². The van der Waals surface area contributed by atoms with Crippen LogP contribution >= 0.6 is 23.2 Å². The predicted octanol–water partition coefficient (Wildman–Crippen LogP) is 5.48. The number of hydrogen-bond acceptors (Lipinski definition) is 2. The highest BCUT2D eigenvalue weighted by Gasteiger charge is 2.57. The minimum atomic E-state index is -3.77. The lowest BCUT2D eigenvalue weighted by molar-refractivity contribution is 0.547. The Kier molecular flexibility index (Phi) is 4.53. The molecule has 132 valence electrons. The summed E-state index contributed by atoms with van der Waals surface area (Å²) in [6.07, 6.45) is 0. The van der Waals surface area contributed by atoms with E-state index in [9.17, 15) is 8.42 Å². The van der Waals surface area contributed by atoms with Crippen LogP contribution in [-0.4, -0.2) is 12.7 Å². The maximum atomic E-state index is 13.3. The molecule has 0 bridgehead atoms. The van der Waals surface area contributed by atoms with Gasteiger partial charge in [-0.2, -0.15) is 4.31 Å². The first-order valence-electron chi connectivity index (χ1n) is 8.08. The third-order valence-electron chi connectivity index (χ3n) is 4.49. The third kappa shape index (κ3) is 3.03. The van der Waals surface area contributed by atoms with Gasteiger partial charge in [0.1, 0.15) is 4.90 Å². The molecule has 3 aromatic rings.